The molecule has 0 saturated heterocycles. The first kappa shape index (κ1) is 10.9. The summed E-state index contributed by atoms with van der Waals surface area (Å²) in [6.45, 7) is 0.0859. The Morgan fingerprint density at radius 2 is 2.06 bits per heavy atom. The van der Waals surface area contributed by atoms with Crippen molar-refractivity contribution in [3.05, 3.63) is 29.8 Å². The summed E-state index contributed by atoms with van der Waals surface area (Å²) in [4.78, 5) is 0. The van der Waals surface area contributed by atoms with E-state index in [1.54, 1.807) is 12.1 Å². The van der Waals surface area contributed by atoms with Gasteiger partial charge in [0.1, 0.15) is 5.75 Å². The van der Waals surface area contributed by atoms with Gasteiger partial charge in [0.25, 0.3) is 0 Å². The molecule has 1 N–H and O–H groups in total. The van der Waals surface area contributed by atoms with Crippen LogP contribution in [0.15, 0.2) is 29.4 Å². The van der Waals surface area contributed by atoms with Crippen molar-refractivity contribution in [2.24, 2.45) is 11.0 Å². The first-order valence-electron chi connectivity index (χ1n) is 5.02. The summed E-state index contributed by atoms with van der Waals surface area (Å²) in [5.74, 6) is 0.500. The van der Waals surface area contributed by atoms with E-state index in [0.29, 0.717) is 5.92 Å². The fraction of sp³-hybridized carbons (Fsp3) is 0.364. The quantitative estimate of drug-likeness (QED) is 0.857. The zero-order valence-corrected chi connectivity index (χ0v) is 8.78. The number of alkyl halides is 2. The lowest BCUT2D eigenvalue weighted by molar-refractivity contribution is -0.0498. The number of halogens is 2. The van der Waals surface area contributed by atoms with Crippen molar-refractivity contribution in [3.8, 4) is 5.75 Å². The molecule has 1 unspecified atom stereocenters. The molecule has 0 saturated carbocycles. The van der Waals surface area contributed by atoms with Crippen LogP contribution in [-0.2, 0) is 0 Å². The van der Waals surface area contributed by atoms with Crippen LogP contribution in [-0.4, -0.2) is 18.9 Å². The Morgan fingerprint density at radius 3 is 2.56 bits per heavy atom. The predicted octanol–water partition coefficient (Wildman–Crippen LogP) is 2.23. The van der Waals surface area contributed by atoms with E-state index in [-0.39, 0.29) is 5.75 Å². The molecule has 0 fully saturated rings. The Bertz CT molecular complexity index is 389. The van der Waals surface area contributed by atoms with Crippen molar-refractivity contribution >= 4 is 5.71 Å². The molecular formula is C11H12F2N2O. The van der Waals surface area contributed by atoms with Crippen LogP contribution >= 0.6 is 0 Å². The number of ether oxygens (including phenoxy) is 1. The Morgan fingerprint density at radius 1 is 1.38 bits per heavy atom. The third-order valence-electron chi connectivity index (χ3n) is 2.44. The molecule has 0 radical (unpaired) electrons. The van der Waals surface area contributed by atoms with Crippen LogP contribution in [0.2, 0.25) is 0 Å². The van der Waals surface area contributed by atoms with Gasteiger partial charge >= 0.3 is 6.61 Å². The number of rotatable bonds is 3. The molecule has 0 aromatic heterocycles. The van der Waals surface area contributed by atoms with Gasteiger partial charge in [-0.15, -0.1) is 0 Å². The maximum absolute atomic E-state index is 11.9. The van der Waals surface area contributed by atoms with Crippen molar-refractivity contribution < 1.29 is 13.5 Å². The summed E-state index contributed by atoms with van der Waals surface area (Å²) in [5, 5.41) is 4.16. The van der Waals surface area contributed by atoms with Gasteiger partial charge in [-0.25, -0.2) is 0 Å². The molecule has 0 spiro atoms. The molecule has 1 aromatic carbocycles. The van der Waals surface area contributed by atoms with E-state index >= 15 is 0 Å². The predicted molar refractivity (Wildman–Crippen MR) is 56.8 cm³/mol. The largest absolute Gasteiger partial charge is 0.435 e. The molecule has 0 aliphatic carbocycles. The fourth-order valence-electron chi connectivity index (χ4n) is 1.63. The zero-order valence-electron chi connectivity index (χ0n) is 8.78. The molecule has 3 nitrogen and oxygen atoms in total. The van der Waals surface area contributed by atoms with Gasteiger partial charge in [0.15, 0.2) is 0 Å². The average molecular weight is 226 g/mol. The number of hydrogen-bond donors (Lipinski definition) is 1. The molecule has 1 atom stereocenters. The number of benzene rings is 1. The van der Waals surface area contributed by atoms with Gasteiger partial charge in [-0.05, 0) is 29.8 Å². The highest BCUT2D eigenvalue weighted by atomic mass is 19.3. The maximum atomic E-state index is 11.9. The maximum Gasteiger partial charge on any atom is 0.387 e. The third-order valence-corrected chi connectivity index (χ3v) is 2.44. The second-order valence-corrected chi connectivity index (χ2v) is 3.66. The minimum absolute atomic E-state index is 0.165. The van der Waals surface area contributed by atoms with Crippen LogP contribution in [0.1, 0.15) is 12.5 Å². The van der Waals surface area contributed by atoms with E-state index in [0.717, 1.165) is 17.8 Å². The van der Waals surface area contributed by atoms with Gasteiger partial charge < -0.3 is 10.2 Å². The van der Waals surface area contributed by atoms with E-state index in [2.05, 4.69) is 22.2 Å². The Hall–Kier alpha value is -1.65. The van der Waals surface area contributed by atoms with Crippen LogP contribution in [0.5, 0.6) is 5.75 Å². The molecule has 16 heavy (non-hydrogen) atoms. The summed E-state index contributed by atoms with van der Waals surface area (Å²) >= 11 is 0. The highest BCUT2D eigenvalue weighted by Crippen LogP contribution is 2.18. The molecule has 2 rings (SSSR count). The molecule has 86 valence electrons. The second kappa shape index (κ2) is 4.47. The SMILES string of the molecule is CC1CNN=C1c1ccc(OC(F)F)cc1. The van der Waals surface area contributed by atoms with Crippen LogP contribution in [0.4, 0.5) is 8.78 Å². The molecule has 1 heterocycles. The summed E-state index contributed by atoms with van der Waals surface area (Å²) < 4.78 is 28.1. The van der Waals surface area contributed by atoms with E-state index in [1.807, 2.05) is 0 Å². The number of nitrogens with one attached hydrogen (secondary N) is 1. The summed E-state index contributed by atoms with van der Waals surface area (Å²) in [6.07, 6.45) is 0. The number of nitrogens with zero attached hydrogens (tertiary/aromatic N) is 1. The second-order valence-electron chi connectivity index (χ2n) is 3.66. The van der Waals surface area contributed by atoms with Crippen molar-refractivity contribution in [1.29, 1.82) is 0 Å². The number of hydrazone groups is 1. The van der Waals surface area contributed by atoms with E-state index < -0.39 is 6.61 Å². The molecular weight excluding hydrogens is 214 g/mol. The van der Waals surface area contributed by atoms with Crippen LogP contribution in [0, 0.1) is 5.92 Å². The number of hydrogen-bond acceptors (Lipinski definition) is 3. The van der Waals surface area contributed by atoms with Gasteiger partial charge in [-0.1, -0.05) is 6.92 Å². The summed E-state index contributed by atoms with van der Waals surface area (Å²) in [7, 11) is 0. The van der Waals surface area contributed by atoms with Gasteiger partial charge in [-0.3, -0.25) is 0 Å². The standard InChI is InChI=1S/C11H12F2N2O/c1-7-6-14-15-10(7)8-2-4-9(5-3-8)16-11(12)13/h2-5,7,11,14H,6H2,1H3. The fourth-order valence-corrected chi connectivity index (χ4v) is 1.63. The van der Waals surface area contributed by atoms with E-state index in [9.17, 15) is 8.78 Å². The molecule has 1 aliphatic rings. The molecule has 0 amide bonds. The van der Waals surface area contributed by atoms with Gasteiger partial charge in [0.05, 0.1) is 5.71 Å². The average Bonchev–Trinajstić information content (AvgIpc) is 2.65. The first-order valence-corrected chi connectivity index (χ1v) is 5.02. The lowest BCUT2D eigenvalue weighted by Gasteiger charge is -2.07. The lowest BCUT2D eigenvalue weighted by Crippen LogP contribution is -2.12. The van der Waals surface area contributed by atoms with Gasteiger partial charge in [0, 0.05) is 12.5 Å². The Labute approximate surface area is 92.1 Å². The molecule has 0 bridgehead atoms. The molecule has 1 aromatic rings. The van der Waals surface area contributed by atoms with Gasteiger partial charge in [-0.2, -0.15) is 13.9 Å². The van der Waals surface area contributed by atoms with Crippen molar-refractivity contribution in [3.63, 3.8) is 0 Å². The normalized spacial score (nSPS) is 19.5. The highest BCUT2D eigenvalue weighted by Gasteiger charge is 2.17. The minimum Gasteiger partial charge on any atom is -0.435 e. The highest BCUT2D eigenvalue weighted by molar-refractivity contribution is 6.03. The minimum atomic E-state index is -2.78. The van der Waals surface area contributed by atoms with Crippen LogP contribution in [0.3, 0.4) is 0 Å². The molecule has 5 heteroatoms. The Balaban J connectivity index is 2.13. The monoisotopic (exact) mass is 226 g/mol. The Kier molecular flexibility index (Phi) is 3.03. The van der Waals surface area contributed by atoms with Crippen molar-refractivity contribution in [2.45, 2.75) is 13.5 Å². The summed E-state index contributed by atoms with van der Waals surface area (Å²) in [6, 6.07) is 6.52. The van der Waals surface area contributed by atoms with Crippen LogP contribution < -0.4 is 10.2 Å². The molecule has 1 aliphatic heterocycles. The van der Waals surface area contributed by atoms with Crippen molar-refractivity contribution in [1.82, 2.24) is 5.43 Å². The van der Waals surface area contributed by atoms with E-state index in [1.165, 1.54) is 12.1 Å². The van der Waals surface area contributed by atoms with Crippen LogP contribution in [0.25, 0.3) is 0 Å². The van der Waals surface area contributed by atoms with Gasteiger partial charge in [0.2, 0.25) is 0 Å². The smallest absolute Gasteiger partial charge is 0.387 e. The zero-order chi connectivity index (χ0) is 11.5. The summed E-state index contributed by atoms with van der Waals surface area (Å²) in [5.41, 5.74) is 4.78. The topological polar surface area (TPSA) is 33.6 Å². The van der Waals surface area contributed by atoms with E-state index in [4.69, 9.17) is 0 Å². The third kappa shape index (κ3) is 2.29. The first-order chi connectivity index (χ1) is 7.66. The van der Waals surface area contributed by atoms with Crippen molar-refractivity contribution in [2.75, 3.05) is 6.54 Å². The lowest BCUT2D eigenvalue weighted by atomic mass is 10.00.